The average molecular weight is 253 g/mol. The summed E-state index contributed by atoms with van der Waals surface area (Å²) >= 11 is 0. The Morgan fingerprint density at radius 1 is 1.56 bits per heavy atom. The molecule has 0 radical (unpaired) electrons. The lowest BCUT2D eigenvalue weighted by Gasteiger charge is -2.19. The zero-order valence-electron chi connectivity index (χ0n) is 11.3. The maximum Gasteiger partial charge on any atom is 0.297 e. The number of nitrogens with one attached hydrogen (secondary N) is 1. The van der Waals surface area contributed by atoms with Crippen LogP contribution in [0.2, 0.25) is 0 Å². The predicted octanol–water partition coefficient (Wildman–Crippen LogP) is 1.79. The molecule has 1 aromatic rings. The molecular formula is C13H23N3O2. The smallest absolute Gasteiger partial charge is 0.297 e. The van der Waals surface area contributed by atoms with Gasteiger partial charge >= 0.3 is 0 Å². The maximum atomic E-state index is 5.62. The Balaban J connectivity index is 1.91. The van der Waals surface area contributed by atoms with Gasteiger partial charge in [0, 0.05) is 26.2 Å². The monoisotopic (exact) mass is 253 g/mol. The molecule has 1 atom stereocenters. The Bertz CT molecular complexity index is 354. The number of hydrogen-bond donors (Lipinski definition) is 1. The molecule has 5 nitrogen and oxygen atoms in total. The molecule has 1 fully saturated rings. The van der Waals surface area contributed by atoms with Gasteiger partial charge in [0.2, 0.25) is 0 Å². The van der Waals surface area contributed by atoms with Gasteiger partial charge in [-0.2, -0.15) is 4.98 Å². The highest BCUT2D eigenvalue weighted by atomic mass is 16.5. The Labute approximate surface area is 109 Å². The molecule has 18 heavy (non-hydrogen) atoms. The molecule has 0 bridgehead atoms. The molecule has 1 aromatic heterocycles. The molecule has 0 saturated carbocycles. The van der Waals surface area contributed by atoms with Crippen molar-refractivity contribution in [3.05, 3.63) is 12.0 Å². The lowest BCUT2D eigenvalue weighted by molar-refractivity contribution is 0.0818. The van der Waals surface area contributed by atoms with Gasteiger partial charge < -0.3 is 19.4 Å². The highest BCUT2D eigenvalue weighted by molar-refractivity contribution is 5.27. The van der Waals surface area contributed by atoms with E-state index in [0.29, 0.717) is 0 Å². The van der Waals surface area contributed by atoms with Crippen LogP contribution in [0, 0.1) is 0 Å². The van der Waals surface area contributed by atoms with Crippen LogP contribution in [0.4, 0.5) is 6.01 Å². The van der Waals surface area contributed by atoms with Gasteiger partial charge in [-0.05, 0) is 26.3 Å². The molecule has 1 N–H and O–H groups in total. The van der Waals surface area contributed by atoms with Gasteiger partial charge in [0.05, 0.1) is 11.8 Å². The molecule has 1 aliphatic rings. The molecule has 0 spiro atoms. The van der Waals surface area contributed by atoms with Crippen molar-refractivity contribution in [1.29, 1.82) is 0 Å². The molecule has 1 unspecified atom stereocenters. The fraction of sp³-hybridized carbons (Fsp3) is 0.769. The van der Waals surface area contributed by atoms with Crippen LogP contribution in [0.15, 0.2) is 10.7 Å². The molecule has 5 heteroatoms. The molecule has 2 rings (SSSR count). The van der Waals surface area contributed by atoms with Gasteiger partial charge in [-0.25, -0.2) is 0 Å². The highest BCUT2D eigenvalue weighted by Gasteiger charge is 2.19. The van der Waals surface area contributed by atoms with Crippen LogP contribution in [0.5, 0.6) is 0 Å². The summed E-state index contributed by atoms with van der Waals surface area (Å²) in [6.45, 7) is 8.65. The average Bonchev–Trinajstić information content (AvgIpc) is 2.72. The quantitative estimate of drug-likeness (QED) is 0.811. The Hall–Kier alpha value is -1.07. The summed E-state index contributed by atoms with van der Waals surface area (Å²) in [7, 11) is 0. The first-order valence-electron chi connectivity index (χ1n) is 6.81. The van der Waals surface area contributed by atoms with Gasteiger partial charge in [-0.3, -0.25) is 0 Å². The van der Waals surface area contributed by atoms with E-state index in [2.05, 4.69) is 29.0 Å². The van der Waals surface area contributed by atoms with E-state index in [1.165, 1.54) is 0 Å². The van der Waals surface area contributed by atoms with E-state index < -0.39 is 0 Å². The number of nitrogens with zero attached hydrogens (tertiary/aromatic N) is 2. The summed E-state index contributed by atoms with van der Waals surface area (Å²) < 4.78 is 11.2. The van der Waals surface area contributed by atoms with Crippen molar-refractivity contribution in [2.45, 2.75) is 39.3 Å². The first-order valence-corrected chi connectivity index (χ1v) is 6.81. The second-order valence-corrected chi connectivity index (χ2v) is 4.78. The minimum atomic E-state index is 0.237. The minimum Gasteiger partial charge on any atom is -0.432 e. The van der Waals surface area contributed by atoms with Gasteiger partial charge in [0.25, 0.3) is 6.01 Å². The fourth-order valence-electron chi connectivity index (χ4n) is 2.08. The molecule has 2 heterocycles. The summed E-state index contributed by atoms with van der Waals surface area (Å²) in [5, 5.41) is 3.32. The largest absolute Gasteiger partial charge is 0.432 e. The number of oxazole rings is 1. The van der Waals surface area contributed by atoms with E-state index in [9.17, 15) is 0 Å². The fourth-order valence-corrected chi connectivity index (χ4v) is 2.08. The number of hydrogen-bond acceptors (Lipinski definition) is 5. The van der Waals surface area contributed by atoms with E-state index in [4.69, 9.17) is 9.15 Å². The summed E-state index contributed by atoms with van der Waals surface area (Å²) in [6, 6.07) is 0.723. The number of rotatable bonds is 5. The van der Waals surface area contributed by atoms with Gasteiger partial charge in [-0.15, -0.1) is 0 Å². The highest BCUT2D eigenvalue weighted by Crippen LogP contribution is 2.17. The zero-order chi connectivity index (χ0) is 12.8. The second kappa shape index (κ2) is 6.75. The van der Waals surface area contributed by atoms with Crippen LogP contribution in [0.3, 0.4) is 0 Å². The third kappa shape index (κ3) is 3.71. The van der Waals surface area contributed by atoms with Crippen LogP contribution >= 0.6 is 0 Å². The molecule has 0 aromatic carbocycles. The van der Waals surface area contributed by atoms with Crippen molar-refractivity contribution in [2.24, 2.45) is 0 Å². The second-order valence-electron chi connectivity index (χ2n) is 4.78. The maximum absolute atomic E-state index is 5.62. The first-order chi connectivity index (χ1) is 8.79. The van der Waals surface area contributed by atoms with E-state index in [1.807, 2.05) is 0 Å². The molecule has 1 saturated heterocycles. The first kappa shape index (κ1) is 13.4. The van der Waals surface area contributed by atoms with Crippen LogP contribution in [-0.2, 0) is 11.3 Å². The lowest BCUT2D eigenvalue weighted by atomic mass is 10.3. The lowest BCUT2D eigenvalue weighted by Crippen LogP contribution is -2.30. The summed E-state index contributed by atoms with van der Waals surface area (Å²) in [6.07, 6.45) is 4.14. The van der Waals surface area contributed by atoms with Gasteiger partial charge in [-0.1, -0.05) is 6.92 Å². The van der Waals surface area contributed by atoms with Crippen molar-refractivity contribution in [3.8, 4) is 0 Å². The summed E-state index contributed by atoms with van der Waals surface area (Å²) in [5.41, 5.74) is 0.969. The number of anilines is 1. The predicted molar refractivity (Wildman–Crippen MR) is 70.7 cm³/mol. The zero-order valence-corrected chi connectivity index (χ0v) is 11.3. The Morgan fingerprint density at radius 3 is 3.28 bits per heavy atom. The SMILES string of the molecule is CCCNCc1coc(N2CCCOC(C)C2)n1. The van der Waals surface area contributed by atoms with Crippen molar-refractivity contribution < 1.29 is 9.15 Å². The Morgan fingerprint density at radius 2 is 2.44 bits per heavy atom. The minimum absolute atomic E-state index is 0.237. The molecule has 1 aliphatic heterocycles. The normalized spacial score (nSPS) is 21.0. The molecule has 0 amide bonds. The van der Waals surface area contributed by atoms with Crippen molar-refractivity contribution in [1.82, 2.24) is 10.3 Å². The van der Waals surface area contributed by atoms with Crippen LogP contribution in [0.25, 0.3) is 0 Å². The van der Waals surface area contributed by atoms with E-state index in [-0.39, 0.29) is 6.10 Å². The summed E-state index contributed by atoms with van der Waals surface area (Å²) in [4.78, 5) is 6.69. The standard InChI is InChI=1S/C13H23N3O2/c1-3-5-14-8-12-10-18-13(15-12)16-6-4-7-17-11(2)9-16/h10-11,14H,3-9H2,1-2H3. The summed E-state index contributed by atoms with van der Waals surface area (Å²) in [5.74, 6) is 0. The van der Waals surface area contributed by atoms with Crippen LogP contribution < -0.4 is 10.2 Å². The van der Waals surface area contributed by atoms with Crippen molar-refractivity contribution in [3.63, 3.8) is 0 Å². The number of ether oxygens (including phenoxy) is 1. The van der Waals surface area contributed by atoms with Gasteiger partial charge in [0.15, 0.2) is 0 Å². The van der Waals surface area contributed by atoms with E-state index in [1.54, 1.807) is 6.26 Å². The third-order valence-electron chi connectivity index (χ3n) is 3.00. The van der Waals surface area contributed by atoms with Crippen LogP contribution in [-0.4, -0.2) is 37.3 Å². The van der Waals surface area contributed by atoms with E-state index >= 15 is 0 Å². The molecular weight excluding hydrogens is 230 g/mol. The number of aromatic nitrogens is 1. The van der Waals surface area contributed by atoms with E-state index in [0.717, 1.165) is 57.3 Å². The Kier molecular flexibility index (Phi) is 5.01. The topological polar surface area (TPSA) is 50.5 Å². The van der Waals surface area contributed by atoms with Crippen LogP contribution in [0.1, 0.15) is 32.4 Å². The van der Waals surface area contributed by atoms with Crippen molar-refractivity contribution in [2.75, 3.05) is 31.1 Å². The van der Waals surface area contributed by atoms with Gasteiger partial charge in [0.1, 0.15) is 6.26 Å². The molecule has 0 aliphatic carbocycles. The molecule has 102 valence electrons. The van der Waals surface area contributed by atoms with Crippen molar-refractivity contribution >= 4 is 6.01 Å². The third-order valence-corrected chi connectivity index (χ3v) is 3.00.